The molecule has 0 spiro atoms. The molecule has 0 saturated carbocycles. The minimum absolute atomic E-state index is 0.00650. The first-order valence-corrected chi connectivity index (χ1v) is 11.1. The van der Waals surface area contributed by atoms with Gasteiger partial charge in [-0.05, 0) is 37.8 Å². The highest BCUT2D eigenvalue weighted by molar-refractivity contribution is 8.00. The Hall–Kier alpha value is -1.86. The number of unbranched alkanes of at least 4 members (excludes halogenated alkanes) is 1. The molecule has 1 fully saturated rings. The lowest BCUT2D eigenvalue weighted by Crippen LogP contribution is -2.34. The fourth-order valence-corrected chi connectivity index (χ4v) is 4.39. The van der Waals surface area contributed by atoms with Crippen LogP contribution in [0.5, 0.6) is 0 Å². The third-order valence-corrected chi connectivity index (χ3v) is 6.33. The average Bonchev–Trinajstić information content (AvgIpc) is 3.22. The number of carbonyl (C=O) groups excluding carboxylic acids is 1. The Kier molecular flexibility index (Phi) is 7.50. The fourth-order valence-electron chi connectivity index (χ4n) is 3.34. The van der Waals surface area contributed by atoms with Gasteiger partial charge < -0.3 is 10.1 Å². The molecule has 2 aromatic rings. The van der Waals surface area contributed by atoms with Gasteiger partial charge in [0.1, 0.15) is 0 Å². The van der Waals surface area contributed by atoms with E-state index in [0.29, 0.717) is 35.6 Å². The predicted molar refractivity (Wildman–Crippen MR) is 113 cm³/mol. The van der Waals surface area contributed by atoms with E-state index >= 15 is 0 Å². The number of fused-ring (bicyclic) bond motifs is 1. The van der Waals surface area contributed by atoms with Gasteiger partial charge in [-0.2, -0.15) is 0 Å². The normalized spacial score (nSPS) is 17.7. The van der Waals surface area contributed by atoms with Crippen LogP contribution in [0.15, 0.2) is 34.2 Å². The quantitative estimate of drug-likeness (QED) is 0.395. The minimum Gasteiger partial charge on any atom is -0.376 e. The van der Waals surface area contributed by atoms with E-state index in [4.69, 9.17) is 9.72 Å². The van der Waals surface area contributed by atoms with E-state index in [1.165, 1.54) is 11.8 Å². The summed E-state index contributed by atoms with van der Waals surface area (Å²) in [5, 5.41) is 3.92. The second-order valence-corrected chi connectivity index (χ2v) is 8.29. The number of nitrogens with zero attached hydrogens (tertiary/aromatic N) is 2. The molecular formula is C21H29N3O3S. The van der Waals surface area contributed by atoms with Gasteiger partial charge in [0, 0.05) is 13.2 Å². The van der Waals surface area contributed by atoms with Gasteiger partial charge in [0.15, 0.2) is 5.16 Å². The van der Waals surface area contributed by atoms with Crippen molar-refractivity contribution in [2.24, 2.45) is 0 Å². The first kappa shape index (κ1) is 20.9. The molecule has 1 aliphatic rings. The van der Waals surface area contributed by atoms with E-state index < -0.39 is 0 Å². The second kappa shape index (κ2) is 10.1. The van der Waals surface area contributed by atoms with Crippen molar-refractivity contribution in [2.45, 2.75) is 69.0 Å². The summed E-state index contributed by atoms with van der Waals surface area (Å²) >= 11 is 1.38. The molecule has 3 rings (SSSR count). The molecule has 1 aromatic carbocycles. The van der Waals surface area contributed by atoms with Crippen molar-refractivity contribution in [1.82, 2.24) is 14.9 Å². The number of aromatic nitrogens is 2. The molecule has 1 saturated heterocycles. The highest BCUT2D eigenvalue weighted by Gasteiger charge is 2.24. The number of para-hydroxylation sites is 1. The number of rotatable bonds is 9. The Labute approximate surface area is 170 Å². The summed E-state index contributed by atoms with van der Waals surface area (Å²) < 4.78 is 7.45. The van der Waals surface area contributed by atoms with Crippen LogP contribution in [0.25, 0.3) is 10.9 Å². The molecule has 7 heteroatoms. The van der Waals surface area contributed by atoms with Crippen LogP contribution in [0, 0.1) is 0 Å². The van der Waals surface area contributed by atoms with Gasteiger partial charge in [0.05, 0.1) is 28.8 Å². The lowest BCUT2D eigenvalue weighted by molar-refractivity contribution is -0.120. The average molecular weight is 404 g/mol. The Morgan fingerprint density at radius 2 is 2.21 bits per heavy atom. The Morgan fingerprint density at radius 1 is 1.39 bits per heavy atom. The number of amides is 1. The molecule has 0 bridgehead atoms. The van der Waals surface area contributed by atoms with Crippen LogP contribution in [0.3, 0.4) is 0 Å². The van der Waals surface area contributed by atoms with E-state index in [1.54, 1.807) is 10.6 Å². The third kappa shape index (κ3) is 4.94. The molecule has 1 aromatic heterocycles. The van der Waals surface area contributed by atoms with E-state index in [1.807, 2.05) is 25.1 Å². The molecule has 2 heterocycles. The van der Waals surface area contributed by atoms with E-state index in [0.717, 1.165) is 32.3 Å². The van der Waals surface area contributed by atoms with Crippen molar-refractivity contribution < 1.29 is 9.53 Å². The third-order valence-electron chi connectivity index (χ3n) is 4.98. The molecule has 152 valence electrons. The van der Waals surface area contributed by atoms with E-state index in [9.17, 15) is 9.59 Å². The maximum atomic E-state index is 13.1. The van der Waals surface area contributed by atoms with Crippen molar-refractivity contribution >= 4 is 28.6 Å². The number of ether oxygens (including phenoxy) is 1. The lowest BCUT2D eigenvalue weighted by atomic mass is 10.2. The van der Waals surface area contributed by atoms with Crippen LogP contribution >= 0.6 is 11.8 Å². The monoisotopic (exact) mass is 403 g/mol. The Balaban J connectivity index is 1.90. The zero-order valence-electron chi connectivity index (χ0n) is 16.6. The second-order valence-electron chi connectivity index (χ2n) is 7.12. The van der Waals surface area contributed by atoms with Crippen molar-refractivity contribution in [1.29, 1.82) is 0 Å². The van der Waals surface area contributed by atoms with Crippen molar-refractivity contribution in [3.8, 4) is 0 Å². The largest absolute Gasteiger partial charge is 0.376 e. The highest BCUT2D eigenvalue weighted by atomic mass is 32.2. The van der Waals surface area contributed by atoms with Gasteiger partial charge in [-0.1, -0.05) is 44.2 Å². The summed E-state index contributed by atoms with van der Waals surface area (Å²) in [5.74, 6) is 0.00650. The zero-order valence-corrected chi connectivity index (χ0v) is 17.5. The number of nitrogens with one attached hydrogen (secondary N) is 1. The van der Waals surface area contributed by atoms with Crippen LogP contribution in [-0.4, -0.2) is 40.0 Å². The summed E-state index contributed by atoms with van der Waals surface area (Å²) in [7, 11) is 0. The number of carbonyl (C=O) groups is 1. The molecule has 28 heavy (non-hydrogen) atoms. The zero-order chi connectivity index (χ0) is 19.9. The number of benzene rings is 1. The molecule has 2 atom stereocenters. The maximum Gasteiger partial charge on any atom is 0.262 e. The van der Waals surface area contributed by atoms with Gasteiger partial charge in [-0.3, -0.25) is 14.2 Å². The van der Waals surface area contributed by atoms with Crippen LogP contribution in [0.4, 0.5) is 0 Å². The summed E-state index contributed by atoms with van der Waals surface area (Å²) in [5.41, 5.74) is 0.602. The molecule has 0 radical (unpaired) electrons. The topological polar surface area (TPSA) is 73.2 Å². The SMILES string of the molecule is CCCCNC(=O)C(CC)Sc1nc2ccccc2c(=O)n1CC1CCCO1. The fraction of sp³-hybridized carbons (Fsp3) is 0.571. The van der Waals surface area contributed by atoms with Gasteiger partial charge in [-0.15, -0.1) is 0 Å². The van der Waals surface area contributed by atoms with Crippen molar-refractivity contribution in [3.05, 3.63) is 34.6 Å². The van der Waals surface area contributed by atoms with E-state index in [2.05, 4.69) is 12.2 Å². The smallest absolute Gasteiger partial charge is 0.262 e. The Morgan fingerprint density at radius 3 is 2.93 bits per heavy atom. The standard InChI is InChI=1S/C21H29N3O3S/c1-3-5-12-22-19(25)18(4-2)28-21-23-17-11-7-6-10-16(17)20(26)24(21)14-15-9-8-13-27-15/h6-7,10-11,15,18H,3-5,8-9,12-14H2,1-2H3,(H,22,25). The summed E-state index contributed by atoms with van der Waals surface area (Å²) in [6, 6.07) is 7.38. The molecule has 6 nitrogen and oxygen atoms in total. The van der Waals surface area contributed by atoms with Crippen LogP contribution in [-0.2, 0) is 16.1 Å². The van der Waals surface area contributed by atoms with Gasteiger partial charge in [0.2, 0.25) is 5.91 Å². The van der Waals surface area contributed by atoms with E-state index in [-0.39, 0.29) is 22.8 Å². The molecule has 2 unspecified atom stereocenters. The number of hydrogen-bond donors (Lipinski definition) is 1. The molecule has 0 aliphatic carbocycles. The van der Waals surface area contributed by atoms with Gasteiger partial charge in [-0.25, -0.2) is 4.98 Å². The van der Waals surface area contributed by atoms with Crippen LogP contribution < -0.4 is 10.9 Å². The number of thioether (sulfide) groups is 1. The Bertz CT molecular complexity index is 862. The summed E-state index contributed by atoms with van der Waals surface area (Å²) in [4.78, 5) is 30.5. The van der Waals surface area contributed by atoms with Crippen LogP contribution in [0.1, 0.15) is 46.0 Å². The molecule has 1 amide bonds. The molecule has 1 N–H and O–H groups in total. The summed E-state index contributed by atoms with van der Waals surface area (Å²) in [6.07, 6.45) is 4.66. The molecular weight excluding hydrogens is 374 g/mol. The predicted octanol–water partition coefficient (Wildman–Crippen LogP) is 3.36. The van der Waals surface area contributed by atoms with Gasteiger partial charge >= 0.3 is 0 Å². The maximum absolute atomic E-state index is 13.1. The highest BCUT2D eigenvalue weighted by Crippen LogP contribution is 2.26. The summed E-state index contributed by atoms with van der Waals surface area (Å²) in [6.45, 7) is 5.98. The van der Waals surface area contributed by atoms with Gasteiger partial charge in [0.25, 0.3) is 5.56 Å². The minimum atomic E-state index is -0.277. The van der Waals surface area contributed by atoms with Crippen LogP contribution in [0.2, 0.25) is 0 Å². The molecule has 1 aliphatic heterocycles. The first-order chi connectivity index (χ1) is 13.6. The van der Waals surface area contributed by atoms with Crippen molar-refractivity contribution in [3.63, 3.8) is 0 Å². The number of hydrogen-bond acceptors (Lipinski definition) is 5. The first-order valence-electron chi connectivity index (χ1n) is 10.2. The lowest BCUT2D eigenvalue weighted by Gasteiger charge is -2.19. The van der Waals surface area contributed by atoms with Crippen molar-refractivity contribution in [2.75, 3.05) is 13.2 Å².